The van der Waals surface area contributed by atoms with Crippen LogP contribution in [0.4, 0.5) is 5.69 Å². The first-order valence-electron chi connectivity index (χ1n) is 6.14. The van der Waals surface area contributed by atoms with Gasteiger partial charge >= 0.3 is 0 Å². The fourth-order valence-electron chi connectivity index (χ4n) is 1.55. The average Bonchev–Trinajstić information content (AvgIpc) is 2.28. The number of carbonyl (C=O) groups is 1. The van der Waals surface area contributed by atoms with E-state index in [0.29, 0.717) is 23.7 Å². The van der Waals surface area contributed by atoms with Crippen molar-refractivity contribution in [1.29, 1.82) is 0 Å². The molecule has 4 heteroatoms. The van der Waals surface area contributed by atoms with E-state index in [2.05, 4.69) is 19.2 Å². The van der Waals surface area contributed by atoms with E-state index in [-0.39, 0.29) is 5.91 Å². The van der Waals surface area contributed by atoms with Crippen LogP contribution in [0.25, 0.3) is 0 Å². The number of thiocarbonyl (C=S) groups is 1. The van der Waals surface area contributed by atoms with Gasteiger partial charge in [-0.1, -0.05) is 38.2 Å². The zero-order chi connectivity index (χ0) is 13.5. The molecule has 0 unspecified atom stereocenters. The second kappa shape index (κ2) is 7.11. The standard InChI is InChI=1S/C14H20N2OS/c1-10(2)3-8-14(17)16-12-6-4-11(5-7-12)9-13(15)18/h4-7,10H,3,8-9H2,1-2H3,(H2,15,18)(H,16,17). The van der Waals surface area contributed by atoms with Crippen molar-refractivity contribution < 1.29 is 4.79 Å². The van der Waals surface area contributed by atoms with E-state index in [1.807, 2.05) is 24.3 Å². The Kier molecular flexibility index (Phi) is 5.78. The van der Waals surface area contributed by atoms with Crippen molar-refractivity contribution in [2.24, 2.45) is 11.7 Å². The summed E-state index contributed by atoms with van der Waals surface area (Å²) in [6.45, 7) is 4.22. The fraction of sp³-hybridized carbons (Fsp3) is 0.429. The van der Waals surface area contributed by atoms with Gasteiger partial charge < -0.3 is 11.1 Å². The maximum atomic E-state index is 11.6. The number of hydrogen-bond donors (Lipinski definition) is 2. The first kappa shape index (κ1) is 14.6. The summed E-state index contributed by atoms with van der Waals surface area (Å²) in [6.07, 6.45) is 2.06. The molecule has 1 rings (SSSR count). The van der Waals surface area contributed by atoms with E-state index in [1.165, 1.54) is 0 Å². The lowest BCUT2D eigenvalue weighted by atomic mass is 10.1. The van der Waals surface area contributed by atoms with E-state index in [4.69, 9.17) is 18.0 Å². The lowest BCUT2D eigenvalue weighted by Gasteiger charge is -2.07. The second-order valence-electron chi connectivity index (χ2n) is 4.82. The normalized spacial score (nSPS) is 10.4. The summed E-state index contributed by atoms with van der Waals surface area (Å²) >= 11 is 4.85. The van der Waals surface area contributed by atoms with Crippen LogP contribution in [0.3, 0.4) is 0 Å². The highest BCUT2D eigenvalue weighted by Gasteiger charge is 2.04. The van der Waals surface area contributed by atoms with E-state index in [0.717, 1.165) is 17.7 Å². The van der Waals surface area contributed by atoms with Gasteiger partial charge in [0.1, 0.15) is 0 Å². The Morgan fingerprint density at radius 1 is 1.33 bits per heavy atom. The van der Waals surface area contributed by atoms with E-state index in [9.17, 15) is 4.79 Å². The van der Waals surface area contributed by atoms with E-state index in [1.54, 1.807) is 0 Å². The third kappa shape index (κ3) is 5.77. The molecule has 0 aliphatic heterocycles. The monoisotopic (exact) mass is 264 g/mol. The SMILES string of the molecule is CC(C)CCC(=O)Nc1ccc(CC(N)=S)cc1. The van der Waals surface area contributed by atoms with Gasteiger partial charge in [0.25, 0.3) is 0 Å². The van der Waals surface area contributed by atoms with E-state index >= 15 is 0 Å². The number of rotatable bonds is 6. The molecule has 0 aliphatic carbocycles. The molecule has 18 heavy (non-hydrogen) atoms. The summed E-state index contributed by atoms with van der Waals surface area (Å²) in [7, 11) is 0. The molecule has 0 fully saturated rings. The number of carbonyl (C=O) groups excluding carboxylic acids is 1. The largest absolute Gasteiger partial charge is 0.393 e. The maximum Gasteiger partial charge on any atom is 0.224 e. The molecule has 3 N–H and O–H groups in total. The van der Waals surface area contributed by atoms with Gasteiger partial charge in [0.05, 0.1) is 4.99 Å². The number of nitrogens with two attached hydrogens (primary N) is 1. The van der Waals surface area contributed by atoms with Gasteiger partial charge in [-0.2, -0.15) is 0 Å². The Labute approximate surface area is 114 Å². The molecular weight excluding hydrogens is 244 g/mol. The van der Waals surface area contributed by atoms with Crippen LogP contribution in [0, 0.1) is 5.92 Å². The van der Waals surface area contributed by atoms with Crippen LogP contribution in [-0.4, -0.2) is 10.9 Å². The third-order valence-corrected chi connectivity index (χ3v) is 2.71. The van der Waals surface area contributed by atoms with Crippen LogP contribution in [0.5, 0.6) is 0 Å². The van der Waals surface area contributed by atoms with Crippen molar-refractivity contribution in [1.82, 2.24) is 0 Å². The molecule has 0 aromatic heterocycles. The first-order valence-corrected chi connectivity index (χ1v) is 6.55. The Bertz CT molecular complexity index is 412. The molecular formula is C14H20N2OS. The van der Waals surface area contributed by atoms with Gasteiger partial charge in [-0.05, 0) is 30.0 Å². The van der Waals surface area contributed by atoms with Gasteiger partial charge in [0, 0.05) is 18.5 Å². The van der Waals surface area contributed by atoms with Crippen LogP contribution in [0.2, 0.25) is 0 Å². The minimum absolute atomic E-state index is 0.0609. The summed E-state index contributed by atoms with van der Waals surface area (Å²) < 4.78 is 0. The van der Waals surface area contributed by atoms with Crippen LogP contribution in [0.1, 0.15) is 32.3 Å². The predicted octanol–water partition coefficient (Wildman–Crippen LogP) is 2.89. The molecule has 98 valence electrons. The lowest BCUT2D eigenvalue weighted by Crippen LogP contribution is -2.13. The van der Waals surface area contributed by atoms with Gasteiger partial charge in [-0.3, -0.25) is 4.79 Å². The lowest BCUT2D eigenvalue weighted by molar-refractivity contribution is -0.116. The molecule has 0 saturated heterocycles. The smallest absolute Gasteiger partial charge is 0.224 e. The first-order chi connectivity index (χ1) is 8.47. The average molecular weight is 264 g/mol. The zero-order valence-electron chi connectivity index (χ0n) is 10.9. The van der Waals surface area contributed by atoms with Gasteiger partial charge in [0.2, 0.25) is 5.91 Å². The Morgan fingerprint density at radius 3 is 2.44 bits per heavy atom. The Hall–Kier alpha value is -1.42. The molecule has 1 aromatic carbocycles. The molecule has 0 bridgehead atoms. The molecule has 0 heterocycles. The highest BCUT2D eigenvalue weighted by molar-refractivity contribution is 7.80. The molecule has 0 atom stereocenters. The minimum atomic E-state index is 0.0609. The van der Waals surface area contributed by atoms with Crippen LogP contribution in [0.15, 0.2) is 24.3 Å². The number of anilines is 1. The van der Waals surface area contributed by atoms with Crippen molar-refractivity contribution in [2.45, 2.75) is 33.1 Å². The zero-order valence-corrected chi connectivity index (χ0v) is 11.7. The second-order valence-corrected chi connectivity index (χ2v) is 5.35. The third-order valence-electron chi connectivity index (χ3n) is 2.56. The maximum absolute atomic E-state index is 11.6. The number of nitrogens with one attached hydrogen (secondary N) is 1. The highest BCUT2D eigenvalue weighted by atomic mass is 32.1. The van der Waals surface area contributed by atoms with Crippen molar-refractivity contribution in [3.05, 3.63) is 29.8 Å². The van der Waals surface area contributed by atoms with Crippen LogP contribution < -0.4 is 11.1 Å². The summed E-state index contributed by atoms with van der Waals surface area (Å²) in [6, 6.07) is 7.61. The van der Waals surface area contributed by atoms with Crippen molar-refractivity contribution in [3.63, 3.8) is 0 Å². The molecule has 3 nitrogen and oxygen atoms in total. The molecule has 0 aliphatic rings. The summed E-state index contributed by atoms with van der Waals surface area (Å²) in [5, 5.41) is 2.87. The fourth-order valence-corrected chi connectivity index (χ4v) is 1.72. The van der Waals surface area contributed by atoms with Crippen molar-refractivity contribution in [2.75, 3.05) is 5.32 Å². The topological polar surface area (TPSA) is 55.1 Å². The van der Waals surface area contributed by atoms with Crippen molar-refractivity contribution in [3.8, 4) is 0 Å². The van der Waals surface area contributed by atoms with Crippen LogP contribution in [-0.2, 0) is 11.2 Å². The van der Waals surface area contributed by atoms with Gasteiger partial charge in [0.15, 0.2) is 0 Å². The summed E-state index contributed by atoms with van der Waals surface area (Å²) in [4.78, 5) is 12.1. The summed E-state index contributed by atoms with van der Waals surface area (Å²) in [5.41, 5.74) is 7.35. The number of hydrogen-bond acceptors (Lipinski definition) is 2. The molecule has 0 radical (unpaired) electrons. The summed E-state index contributed by atoms with van der Waals surface area (Å²) in [5.74, 6) is 0.606. The number of amides is 1. The molecule has 1 amide bonds. The Balaban J connectivity index is 2.48. The molecule has 0 spiro atoms. The van der Waals surface area contributed by atoms with Gasteiger partial charge in [-0.25, -0.2) is 0 Å². The quantitative estimate of drug-likeness (QED) is 0.777. The van der Waals surface area contributed by atoms with Gasteiger partial charge in [-0.15, -0.1) is 0 Å². The highest BCUT2D eigenvalue weighted by Crippen LogP contribution is 2.12. The number of benzene rings is 1. The van der Waals surface area contributed by atoms with Crippen LogP contribution >= 0.6 is 12.2 Å². The molecule has 0 saturated carbocycles. The minimum Gasteiger partial charge on any atom is -0.393 e. The molecule has 1 aromatic rings. The van der Waals surface area contributed by atoms with Crippen molar-refractivity contribution >= 4 is 28.8 Å². The predicted molar refractivity (Wildman–Crippen MR) is 79.6 cm³/mol. The Morgan fingerprint density at radius 2 is 1.94 bits per heavy atom. The van der Waals surface area contributed by atoms with E-state index < -0.39 is 0 Å².